The predicted molar refractivity (Wildman–Crippen MR) is 95.4 cm³/mol. The summed E-state index contributed by atoms with van der Waals surface area (Å²) in [6.07, 6.45) is 2.09. The molecule has 1 N–H and O–H groups in total. The van der Waals surface area contributed by atoms with E-state index in [0.717, 1.165) is 33.9 Å². The molecule has 0 saturated carbocycles. The maximum atomic E-state index is 12.3. The molecule has 0 radical (unpaired) electrons. The van der Waals surface area contributed by atoms with Gasteiger partial charge in [-0.25, -0.2) is 0 Å². The van der Waals surface area contributed by atoms with Crippen LogP contribution in [-0.4, -0.2) is 11.2 Å². The van der Waals surface area contributed by atoms with E-state index in [-0.39, 0.29) is 5.91 Å². The van der Waals surface area contributed by atoms with Crippen LogP contribution in [0.25, 0.3) is 0 Å². The van der Waals surface area contributed by atoms with Gasteiger partial charge in [-0.1, -0.05) is 44.0 Å². The number of alkyl halides is 1. The first-order valence-electron chi connectivity index (χ1n) is 6.82. The molecule has 0 unspecified atom stereocenters. The zero-order valence-electron chi connectivity index (χ0n) is 11.8. The summed E-state index contributed by atoms with van der Waals surface area (Å²) in [5, 5.41) is 3.94. The van der Waals surface area contributed by atoms with E-state index in [9.17, 15) is 4.79 Å². The smallest absolute Gasteiger partial charge is 0.255 e. The molecule has 110 valence electrons. The maximum Gasteiger partial charge on any atom is 0.255 e. The average molecular weight is 411 g/mol. The van der Waals surface area contributed by atoms with Crippen molar-refractivity contribution in [1.82, 2.24) is 0 Å². The van der Waals surface area contributed by atoms with E-state index in [1.165, 1.54) is 5.56 Å². The molecular weight excluding hydrogens is 394 g/mol. The van der Waals surface area contributed by atoms with Crippen LogP contribution in [0.1, 0.15) is 27.9 Å². The van der Waals surface area contributed by atoms with Crippen LogP contribution in [-0.2, 0) is 6.42 Å². The number of carbonyl (C=O) groups is 1. The number of hydrogen-bond acceptors (Lipinski definition) is 1. The maximum absolute atomic E-state index is 12.3. The highest BCUT2D eigenvalue weighted by Gasteiger charge is 2.07. The molecule has 0 heterocycles. The highest BCUT2D eigenvalue weighted by atomic mass is 79.9. The third kappa shape index (κ3) is 4.68. The standard InChI is InChI=1S/C17H17Br2NO/c1-12-10-14(7-8-16(12)19)17(21)20-15-6-2-4-13(11-15)5-3-9-18/h2,4,6-8,10-11H,3,5,9H2,1H3,(H,20,21). The molecular formula is C17H17Br2NO. The van der Waals surface area contributed by atoms with E-state index in [2.05, 4.69) is 43.2 Å². The highest BCUT2D eigenvalue weighted by Crippen LogP contribution is 2.19. The van der Waals surface area contributed by atoms with E-state index < -0.39 is 0 Å². The van der Waals surface area contributed by atoms with E-state index >= 15 is 0 Å². The van der Waals surface area contributed by atoms with E-state index in [1.54, 1.807) is 0 Å². The molecule has 4 heteroatoms. The lowest BCUT2D eigenvalue weighted by Gasteiger charge is -2.08. The van der Waals surface area contributed by atoms with E-state index in [4.69, 9.17) is 0 Å². The normalized spacial score (nSPS) is 10.4. The third-order valence-corrected chi connectivity index (χ3v) is 4.65. The number of aryl methyl sites for hydroxylation is 2. The number of carbonyl (C=O) groups excluding carboxylic acids is 1. The molecule has 21 heavy (non-hydrogen) atoms. The summed E-state index contributed by atoms with van der Waals surface area (Å²) in [6, 6.07) is 13.6. The minimum atomic E-state index is -0.0803. The fraction of sp³-hybridized carbons (Fsp3) is 0.235. The van der Waals surface area contributed by atoms with Crippen LogP contribution in [0.2, 0.25) is 0 Å². The van der Waals surface area contributed by atoms with Gasteiger partial charge in [-0.15, -0.1) is 0 Å². The van der Waals surface area contributed by atoms with Crippen molar-refractivity contribution < 1.29 is 4.79 Å². The van der Waals surface area contributed by atoms with Gasteiger partial charge in [0, 0.05) is 21.1 Å². The number of halogens is 2. The van der Waals surface area contributed by atoms with Gasteiger partial charge in [-0.05, 0) is 61.2 Å². The topological polar surface area (TPSA) is 29.1 Å². The minimum absolute atomic E-state index is 0.0803. The van der Waals surface area contributed by atoms with Gasteiger partial charge in [0.2, 0.25) is 0 Å². The Morgan fingerprint density at radius 1 is 1.19 bits per heavy atom. The van der Waals surface area contributed by atoms with E-state index in [0.29, 0.717) is 5.56 Å². The fourth-order valence-electron chi connectivity index (χ4n) is 2.06. The average Bonchev–Trinajstić information content (AvgIpc) is 2.48. The molecule has 2 rings (SSSR count). The lowest BCUT2D eigenvalue weighted by molar-refractivity contribution is 0.102. The molecule has 0 atom stereocenters. The number of amides is 1. The molecule has 1 amide bonds. The second-order valence-corrected chi connectivity index (χ2v) is 6.56. The number of hydrogen-bond donors (Lipinski definition) is 1. The van der Waals surface area contributed by atoms with Crippen LogP contribution in [0.5, 0.6) is 0 Å². The molecule has 0 aliphatic carbocycles. The molecule has 0 spiro atoms. The SMILES string of the molecule is Cc1cc(C(=O)Nc2cccc(CCCBr)c2)ccc1Br. The zero-order chi connectivity index (χ0) is 15.2. The van der Waals surface area contributed by atoms with Crippen LogP contribution >= 0.6 is 31.9 Å². The van der Waals surface area contributed by atoms with Gasteiger partial charge in [0.1, 0.15) is 0 Å². The first-order chi connectivity index (χ1) is 10.1. The van der Waals surface area contributed by atoms with Crippen molar-refractivity contribution in [3.8, 4) is 0 Å². The van der Waals surface area contributed by atoms with Gasteiger partial charge < -0.3 is 5.32 Å². The van der Waals surface area contributed by atoms with Crippen molar-refractivity contribution in [3.63, 3.8) is 0 Å². The Balaban J connectivity index is 2.10. The Bertz CT molecular complexity index is 640. The molecule has 2 aromatic carbocycles. The molecule has 0 aliphatic rings. The summed E-state index contributed by atoms with van der Waals surface area (Å²) < 4.78 is 1.01. The first kappa shape index (κ1) is 16.2. The van der Waals surface area contributed by atoms with Crippen LogP contribution < -0.4 is 5.32 Å². The molecule has 0 fully saturated rings. The van der Waals surface area contributed by atoms with Crippen LogP contribution in [0.4, 0.5) is 5.69 Å². The summed E-state index contributed by atoms with van der Waals surface area (Å²) in [4.78, 5) is 12.3. The Kier molecular flexibility index (Phi) is 6.00. The predicted octanol–water partition coefficient (Wildman–Crippen LogP) is 5.34. The van der Waals surface area contributed by atoms with Crippen molar-refractivity contribution in [2.24, 2.45) is 0 Å². The van der Waals surface area contributed by atoms with Gasteiger partial charge >= 0.3 is 0 Å². The van der Waals surface area contributed by atoms with Gasteiger partial charge in [-0.2, -0.15) is 0 Å². The van der Waals surface area contributed by atoms with Crippen LogP contribution in [0.15, 0.2) is 46.9 Å². The molecule has 0 aromatic heterocycles. The second kappa shape index (κ2) is 7.76. The van der Waals surface area contributed by atoms with Crippen molar-refractivity contribution in [2.45, 2.75) is 19.8 Å². The largest absolute Gasteiger partial charge is 0.322 e. The quantitative estimate of drug-likeness (QED) is 0.662. The molecule has 2 nitrogen and oxygen atoms in total. The Morgan fingerprint density at radius 3 is 2.71 bits per heavy atom. The first-order valence-corrected chi connectivity index (χ1v) is 8.74. The summed E-state index contributed by atoms with van der Waals surface area (Å²) in [5.74, 6) is -0.0803. The fourth-order valence-corrected chi connectivity index (χ4v) is 2.59. The minimum Gasteiger partial charge on any atom is -0.322 e. The number of nitrogens with one attached hydrogen (secondary N) is 1. The van der Waals surface area contributed by atoms with Gasteiger partial charge in [0.15, 0.2) is 0 Å². The summed E-state index contributed by atoms with van der Waals surface area (Å²) in [7, 11) is 0. The number of rotatable bonds is 5. The molecule has 0 bridgehead atoms. The van der Waals surface area contributed by atoms with Crippen molar-refractivity contribution in [3.05, 3.63) is 63.6 Å². The Labute approximate surface area is 142 Å². The highest BCUT2D eigenvalue weighted by molar-refractivity contribution is 9.10. The number of benzene rings is 2. The van der Waals surface area contributed by atoms with E-state index in [1.807, 2.05) is 43.3 Å². The van der Waals surface area contributed by atoms with Crippen LogP contribution in [0, 0.1) is 6.92 Å². The number of anilines is 1. The Morgan fingerprint density at radius 2 is 2.00 bits per heavy atom. The van der Waals surface area contributed by atoms with Crippen LogP contribution in [0.3, 0.4) is 0 Å². The second-order valence-electron chi connectivity index (χ2n) is 4.91. The zero-order valence-corrected chi connectivity index (χ0v) is 15.0. The lowest BCUT2D eigenvalue weighted by Crippen LogP contribution is -2.12. The Hall–Kier alpha value is -1.13. The third-order valence-electron chi connectivity index (χ3n) is 3.20. The molecule has 0 saturated heterocycles. The van der Waals surface area contributed by atoms with Crippen molar-refractivity contribution in [1.29, 1.82) is 0 Å². The van der Waals surface area contributed by atoms with Crippen molar-refractivity contribution >= 4 is 43.5 Å². The molecule has 0 aliphatic heterocycles. The summed E-state index contributed by atoms with van der Waals surface area (Å²) in [5.41, 5.74) is 3.79. The lowest BCUT2D eigenvalue weighted by atomic mass is 10.1. The van der Waals surface area contributed by atoms with Gasteiger partial charge in [0.25, 0.3) is 5.91 Å². The summed E-state index contributed by atoms with van der Waals surface area (Å²) >= 11 is 6.88. The van der Waals surface area contributed by atoms with Crippen molar-refractivity contribution in [2.75, 3.05) is 10.6 Å². The van der Waals surface area contributed by atoms with Gasteiger partial charge in [-0.3, -0.25) is 4.79 Å². The summed E-state index contributed by atoms with van der Waals surface area (Å²) in [6.45, 7) is 1.97. The monoisotopic (exact) mass is 409 g/mol. The molecule has 2 aromatic rings. The van der Waals surface area contributed by atoms with Gasteiger partial charge in [0.05, 0.1) is 0 Å².